The third kappa shape index (κ3) is 4.99. The van der Waals surface area contributed by atoms with Crippen LogP contribution in [0.3, 0.4) is 0 Å². The maximum atomic E-state index is 12.6. The molecule has 3 aromatic rings. The fourth-order valence-electron chi connectivity index (χ4n) is 3.74. The standard InChI is InChI=1S/C20H25N7OS/c1-25(13-16-5-3-11-26(16)19-7-2-9-21-24-19)15-20(28)23-18-8-10-22-27(18)14-17-6-4-12-29-17/h2,4,6-10,12,16H,3,5,11,13-15H2,1H3,(H,23,28). The van der Waals surface area contributed by atoms with Crippen LogP contribution in [0, 0.1) is 0 Å². The Hall–Kier alpha value is -2.78. The normalized spacial score (nSPS) is 16.5. The van der Waals surface area contributed by atoms with Crippen LogP contribution in [0.4, 0.5) is 11.6 Å². The zero-order valence-corrected chi connectivity index (χ0v) is 17.3. The van der Waals surface area contributed by atoms with Gasteiger partial charge in [-0.3, -0.25) is 9.69 Å². The maximum absolute atomic E-state index is 12.6. The number of nitrogens with one attached hydrogen (secondary N) is 1. The zero-order valence-electron chi connectivity index (χ0n) is 16.4. The predicted octanol–water partition coefficient (Wildman–Crippen LogP) is 2.32. The Bertz CT molecular complexity index is 912. The highest BCUT2D eigenvalue weighted by molar-refractivity contribution is 7.09. The van der Waals surface area contributed by atoms with E-state index in [1.807, 2.05) is 41.4 Å². The van der Waals surface area contributed by atoms with Crippen molar-refractivity contribution < 1.29 is 4.79 Å². The van der Waals surface area contributed by atoms with Gasteiger partial charge < -0.3 is 10.2 Å². The summed E-state index contributed by atoms with van der Waals surface area (Å²) in [6, 6.07) is 10.2. The number of hydrogen-bond acceptors (Lipinski definition) is 7. The molecule has 1 saturated heterocycles. The molecule has 0 aliphatic carbocycles. The van der Waals surface area contributed by atoms with Gasteiger partial charge in [0.25, 0.3) is 0 Å². The molecule has 3 aromatic heterocycles. The van der Waals surface area contributed by atoms with E-state index in [9.17, 15) is 4.79 Å². The Balaban J connectivity index is 1.30. The molecule has 0 radical (unpaired) electrons. The minimum Gasteiger partial charge on any atom is -0.351 e. The molecule has 0 saturated carbocycles. The molecule has 29 heavy (non-hydrogen) atoms. The Morgan fingerprint density at radius 3 is 3.03 bits per heavy atom. The number of carbonyl (C=O) groups excluding carboxylic acids is 1. The van der Waals surface area contributed by atoms with E-state index in [0.29, 0.717) is 19.1 Å². The molecule has 152 valence electrons. The van der Waals surface area contributed by atoms with Crippen LogP contribution >= 0.6 is 11.3 Å². The first-order chi connectivity index (χ1) is 14.2. The summed E-state index contributed by atoms with van der Waals surface area (Å²) in [5.74, 6) is 1.59. The van der Waals surface area contributed by atoms with E-state index >= 15 is 0 Å². The minimum atomic E-state index is -0.0375. The van der Waals surface area contributed by atoms with Gasteiger partial charge in [-0.15, -0.1) is 16.4 Å². The number of nitrogens with zero attached hydrogens (tertiary/aromatic N) is 6. The van der Waals surface area contributed by atoms with Gasteiger partial charge in [-0.1, -0.05) is 6.07 Å². The summed E-state index contributed by atoms with van der Waals surface area (Å²) in [6.07, 6.45) is 5.62. The lowest BCUT2D eigenvalue weighted by molar-refractivity contribution is -0.117. The van der Waals surface area contributed by atoms with Crippen LogP contribution in [0.15, 0.2) is 48.1 Å². The number of thiophene rings is 1. The molecule has 0 bridgehead atoms. The molecule has 1 N–H and O–H groups in total. The van der Waals surface area contributed by atoms with Crippen LogP contribution in [0.5, 0.6) is 0 Å². The molecule has 1 fully saturated rings. The van der Waals surface area contributed by atoms with Crippen molar-refractivity contribution in [1.82, 2.24) is 24.9 Å². The summed E-state index contributed by atoms with van der Waals surface area (Å²) in [5, 5.41) is 17.6. The van der Waals surface area contributed by atoms with Crippen molar-refractivity contribution in [3.63, 3.8) is 0 Å². The molecule has 4 heterocycles. The van der Waals surface area contributed by atoms with Gasteiger partial charge in [0.1, 0.15) is 5.82 Å². The molecular weight excluding hydrogens is 386 g/mol. The third-order valence-corrected chi connectivity index (χ3v) is 5.90. The fraction of sp³-hybridized carbons (Fsp3) is 0.400. The SMILES string of the molecule is CN(CC(=O)Nc1ccnn1Cc1cccs1)CC1CCCN1c1cccnn1. The first-order valence-corrected chi connectivity index (χ1v) is 10.6. The van der Waals surface area contributed by atoms with Crippen molar-refractivity contribution >= 4 is 28.9 Å². The number of rotatable bonds is 8. The van der Waals surface area contributed by atoms with Crippen LogP contribution in [0.1, 0.15) is 17.7 Å². The number of likely N-dealkylation sites (N-methyl/N-ethyl adjacent to an activating group) is 1. The van der Waals surface area contributed by atoms with Crippen LogP contribution < -0.4 is 10.2 Å². The fourth-order valence-corrected chi connectivity index (χ4v) is 4.43. The summed E-state index contributed by atoms with van der Waals surface area (Å²) in [4.78, 5) is 18.1. The highest BCUT2D eigenvalue weighted by Gasteiger charge is 2.27. The van der Waals surface area contributed by atoms with Crippen LogP contribution in [-0.2, 0) is 11.3 Å². The second kappa shape index (κ2) is 9.15. The van der Waals surface area contributed by atoms with Crippen molar-refractivity contribution in [3.05, 3.63) is 53.0 Å². The van der Waals surface area contributed by atoms with Crippen LogP contribution in [-0.4, -0.2) is 63.5 Å². The minimum absolute atomic E-state index is 0.0375. The van der Waals surface area contributed by atoms with Gasteiger partial charge in [0, 0.05) is 36.3 Å². The molecule has 0 aromatic carbocycles. The second-order valence-electron chi connectivity index (χ2n) is 7.27. The highest BCUT2D eigenvalue weighted by Crippen LogP contribution is 2.23. The molecule has 1 atom stereocenters. The lowest BCUT2D eigenvalue weighted by Crippen LogP contribution is -2.42. The van der Waals surface area contributed by atoms with E-state index in [4.69, 9.17) is 0 Å². The largest absolute Gasteiger partial charge is 0.351 e. The van der Waals surface area contributed by atoms with Crippen molar-refractivity contribution in [2.24, 2.45) is 0 Å². The van der Waals surface area contributed by atoms with E-state index in [0.717, 1.165) is 37.6 Å². The van der Waals surface area contributed by atoms with Crippen molar-refractivity contribution in [3.8, 4) is 0 Å². The molecule has 4 rings (SSSR count). The van der Waals surface area contributed by atoms with Crippen molar-refractivity contribution in [1.29, 1.82) is 0 Å². The number of hydrogen-bond donors (Lipinski definition) is 1. The van der Waals surface area contributed by atoms with E-state index in [-0.39, 0.29) is 5.91 Å². The smallest absolute Gasteiger partial charge is 0.239 e. The number of anilines is 2. The van der Waals surface area contributed by atoms with Gasteiger partial charge in [0.2, 0.25) is 5.91 Å². The van der Waals surface area contributed by atoms with Gasteiger partial charge in [0.15, 0.2) is 5.82 Å². The van der Waals surface area contributed by atoms with E-state index in [2.05, 4.69) is 36.5 Å². The molecule has 1 aliphatic heterocycles. The molecule has 0 spiro atoms. The van der Waals surface area contributed by atoms with Gasteiger partial charge >= 0.3 is 0 Å². The average Bonchev–Trinajstić information content (AvgIpc) is 3.46. The third-order valence-electron chi connectivity index (χ3n) is 5.04. The van der Waals surface area contributed by atoms with Crippen LogP contribution in [0.25, 0.3) is 0 Å². The highest BCUT2D eigenvalue weighted by atomic mass is 32.1. The Morgan fingerprint density at radius 2 is 2.24 bits per heavy atom. The van der Waals surface area contributed by atoms with Crippen molar-refractivity contribution in [2.75, 3.05) is 36.9 Å². The Morgan fingerprint density at radius 1 is 1.31 bits per heavy atom. The summed E-state index contributed by atoms with van der Waals surface area (Å²) in [5.41, 5.74) is 0. The number of amides is 1. The average molecular weight is 412 g/mol. The van der Waals surface area contributed by atoms with Gasteiger partial charge in [-0.25, -0.2) is 4.68 Å². The monoisotopic (exact) mass is 411 g/mol. The van der Waals surface area contributed by atoms with Gasteiger partial charge in [-0.05, 0) is 43.5 Å². The lowest BCUT2D eigenvalue weighted by Gasteiger charge is -2.28. The first kappa shape index (κ1) is 19.5. The molecule has 1 unspecified atom stereocenters. The molecule has 8 nitrogen and oxygen atoms in total. The molecule has 1 aliphatic rings. The summed E-state index contributed by atoms with van der Waals surface area (Å²) < 4.78 is 1.82. The topological polar surface area (TPSA) is 79.2 Å². The van der Waals surface area contributed by atoms with Gasteiger partial charge in [0.05, 0.1) is 19.3 Å². The van der Waals surface area contributed by atoms with E-state index < -0.39 is 0 Å². The number of carbonyl (C=O) groups is 1. The summed E-state index contributed by atoms with van der Waals surface area (Å²) in [7, 11) is 1.98. The molecular formula is C20H25N7OS. The first-order valence-electron chi connectivity index (χ1n) is 9.76. The number of aromatic nitrogens is 4. The summed E-state index contributed by atoms with van der Waals surface area (Å²) in [6.45, 7) is 2.77. The maximum Gasteiger partial charge on any atom is 0.239 e. The predicted molar refractivity (Wildman–Crippen MR) is 114 cm³/mol. The van der Waals surface area contributed by atoms with E-state index in [1.165, 1.54) is 4.88 Å². The van der Waals surface area contributed by atoms with Crippen molar-refractivity contribution in [2.45, 2.75) is 25.4 Å². The Kier molecular flexibility index (Phi) is 6.16. The second-order valence-corrected chi connectivity index (χ2v) is 8.30. The van der Waals surface area contributed by atoms with Crippen LogP contribution in [0.2, 0.25) is 0 Å². The Labute approximate surface area is 174 Å². The van der Waals surface area contributed by atoms with Gasteiger partial charge in [-0.2, -0.15) is 10.2 Å². The molecule has 9 heteroatoms. The molecule has 1 amide bonds. The van der Waals surface area contributed by atoms with E-state index in [1.54, 1.807) is 23.7 Å². The zero-order chi connectivity index (χ0) is 20.1. The lowest BCUT2D eigenvalue weighted by atomic mass is 10.2. The quantitative estimate of drug-likeness (QED) is 0.613. The summed E-state index contributed by atoms with van der Waals surface area (Å²) >= 11 is 1.68.